The zero-order valence-electron chi connectivity index (χ0n) is 21.2. The number of hydrogen-bond acceptors (Lipinski definition) is 7. The molecule has 1 heterocycles. The van der Waals surface area contributed by atoms with Crippen LogP contribution >= 0.6 is 0 Å². The number of rotatable bonds is 9. The van der Waals surface area contributed by atoms with E-state index in [0.717, 1.165) is 16.9 Å². The molecule has 0 unspecified atom stereocenters. The summed E-state index contributed by atoms with van der Waals surface area (Å²) in [5.74, 6) is 3.00. The van der Waals surface area contributed by atoms with Gasteiger partial charge in [-0.1, -0.05) is 23.8 Å². The Kier molecular flexibility index (Phi) is 8.00. The van der Waals surface area contributed by atoms with Crippen LogP contribution in [-0.4, -0.2) is 30.1 Å². The van der Waals surface area contributed by atoms with Gasteiger partial charge in [0, 0.05) is 29.2 Å². The molecule has 0 fully saturated rings. The highest BCUT2D eigenvalue weighted by Crippen LogP contribution is 2.28. The van der Waals surface area contributed by atoms with Crippen LogP contribution in [0.25, 0.3) is 6.08 Å². The van der Waals surface area contributed by atoms with Gasteiger partial charge in [-0.15, -0.1) is 0 Å². The van der Waals surface area contributed by atoms with E-state index in [-0.39, 0.29) is 5.91 Å². The topological polar surface area (TPSA) is 97.4 Å². The van der Waals surface area contributed by atoms with Gasteiger partial charge in [0.15, 0.2) is 11.5 Å². The van der Waals surface area contributed by atoms with Gasteiger partial charge in [-0.3, -0.25) is 4.79 Å². The predicted octanol–water partition coefficient (Wildman–Crippen LogP) is 6.25. The van der Waals surface area contributed by atoms with Gasteiger partial charge in [0.2, 0.25) is 5.91 Å². The standard InChI is InChI=1S/C29H29N5O3/c1-19-5-9-22(10-6-19)32-27-18-28(31-20(2)30-27)33-23-11-13-24(14-12-23)34-29(35)16-8-21-7-15-25(36-3)26(17-21)37-4/h5-18H,1-4H3,(H,34,35)(H2,30,31,32,33)/b16-8+. The van der Waals surface area contributed by atoms with Gasteiger partial charge < -0.3 is 25.4 Å². The van der Waals surface area contributed by atoms with Crippen molar-refractivity contribution in [3.05, 3.63) is 95.8 Å². The largest absolute Gasteiger partial charge is 0.493 e. The molecule has 3 aromatic carbocycles. The van der Waals surface area contributed by atoms with Gasteiger partial charge in [0.05, 0.1) is 14.2 Å². The van der Waals surface area contributed by atoms with Crippen molar-refractivity contribution in [1.82, 2.24) is 9.97 Å². The molecule has 188 valence electrons. The Bertz CT molecular complexity index is 1400. The number of aromatic nitrogens is 2. The molecule has 1 aromatic heterocycles. The normalized spacial score (nSPS) is 10.7. The average molecular weight is 496 g/mol. The van der Waals surface area contributed by atoms with Gasteiger partial charge in [-0.25, -0.2) is 9.97 Å². The lowest BCUT2D eigenvalue weighted by atomic mass is 10.2. The van der Waals surface area contributed by atoms with Gasteiger partial charge >= 0.3 is 0 Å². The summed E-state index contributed by atoms with van der Waals surface area (Å²) in [6.45, 7) is 3.90. The van der Waals surface area contributed by atoms with Gasteiger partial charge in [-0.2, -0.15) is 0 Å². The van der Waals surface area contributed by atoms with E-state index in [1.54, 1.807) is 32.4 Å². The molecule has 0 saturated heterocycles. The number of nitrogens with one attached hydrogen (secondary N) is 3. The molecule has 4 rings (SSSR count). The number of ether oxygens (including phenoxy) is 2. The van der Waals surface area contributed by atoms with Crippen LogP contribution in [-0.2, 0) is 4.79 Å². The second-order valence-corrected chi connectivity index (χ2v) is 8.32. The number of benzene rings is 3. The molecular formula is C29H29N5O3. The maximum absolute atomic E-state index is 12.4. The molecular weight excluding hydrogens is 466 g/mol. The highest BCUT2D eigenvalue weighted by Gasteiger charge is 2.06. The number of hydrogen-bond donors (Lipinski definition) is 3. The van der Waals surface area contributed by atoms with E-state index in [9.17, 15) is 4.79 Å². The third kappa shape index (κ3) is 7.08. The Morgan fingerprint density at radius 3 is 1.89 bits per heavy atom. The van der Waals surface area contributed by atoms with E-state index in [0.29, 0.717) is 34.6 Å². The molecule has 0 saturated carbocycles. The van der Waals surface area contributed by atoms with Crippen molar-refractivity contribution in [3.8, 4) is 11.5 Å². The molecule has 0 spiro atoms. The molecule has 0 aliphatic heterocycles. The fraction of sp³-hybridized carbons (Fsp3) is 0.138. The number of carbonyl (C=O) groups is 1. The molecule has 0 aliphatic carbocycles. The quantitative estimate of drug-likeness (QED) is 0.236. The summed E-state index contributed by atoms with van der Waals surface area (Å²) in [4.78, 5) is 21.3. The van der Waals surface area contributed by atoms with Crippen LogP contribution in [0.15, 0.2) is 78.9 Å². The molecule has 3 N–H and O–H groups in total. The van der Waals surface area contributed by atoms with Crippen LogP contribution in [0.1, 0.15) is 17.0 Å². The second-order valence-electron chi connectivity index (χ2n) is 8.32. The van der Waals surface area contributed by atoms with Crippen molar-refractivity contribution < 1.29 is 14.3 Å². The smallest absolute Gasteiger partial charge is 0.248 e. The minimum atomic E-state index is -0.242. The number of anilines is 5. The lowest BCUT2D eigenvalue weighted by Gasteiger charge is -2.11. The first-order chi connectivity index (χ1) is 17.9. The van der Waals surface area contributed by atoms with E-state index in [1.165, 1.54) is 11.6 Å². The van der Waals surface area contributed by atoms with E-state index in [1.807, 2.05) is 74.5 Å². The molecule has 37 heavy (non-hydrogen) atoms. The Balaban J connectivity index is 1.37. The molecule has 0 radical (unpaired) electrons. The van der Waals surface area contributed by atoms with Crippen molar-refractivity contribution in [1.29, 1.82) is 0 Å². The van der Waals surface area contributed by atoms with Crippen LogP contribution in [0.2, 0.25) is 0 Å². The van der Waals surface area contributed by atoms with Gasteiger partial charge in [-0.05, 0) is 74.0 Å². The number of carbonyl (C=O) groups excluding carboxylic acids is 1. The fourth-order valence-corrected chi connectivity index (χ4v) is 3.58. The Labute approximate surface area is 216 Å². The van der Waals surface area contributed by atoms with Gasteiger partial charge in [0.25, 0.3) is 0 Å². The number of methoxy groups -OCH3 is 2. The maximum Gasteiger partial charge on any atom is 0.248 e. The van der Waals surface area contributed by atoms with Crippen LogP contribution in [0.4, 0.5) is 28.7 Å². The van der Waals surface area contributed by atoms with E-state index in [4.69, 9.17) is 9.47 Å². The lowest BCUT2D eigenvalue weighted by Crippen LogP contribution is -2.07. The number of aryl methyl sites for hydroxylation is 2. The number of amides is 1. The zero-order chi connectivity index (χ0) is 26.2. The highest BCUT2D eigenvalue weighted by atomic mass is 16.5. The van der Waals surface area contributed by atoms with E-state index in [2.05, 4.69) is 25.9 Å². The van der Waals surface area contributed by atoms with Gasteiger partial charge in [0.1, 0.15) is 17.5 Å². The molecule has 4 aromatic rings. The van der Waals surface area contributed by atoms with Crippen molar-refractivity contribution in [2.24, 2.45) is 0 Å². The minimum Gasteiger partial charge on any atom is -0.493 e. The SMILES string of the molecule is COc1ccc(/C=C/C(=O)Nc2ccc(Nc3cc(Nc4ccc(C)cc4)nc(C)n3)cc2)cc1OC. The maximum atomic E-state index is 12.4. The summed E-state index contributed by atoms with van der Waals surface area (Å²) in [6, 6.07) is 22.8. The molecule has 0 bridgehead atoms. The third-order valence-corrected chi connectivity index (χ3v) is 5.42. The second kappa shape index (κ2) is 11.7. The van der Waals surface area contributed by atoms with Crippen LogP contribution in [0, 0.1) is 13.8 Å². The first-order valence-corrected chi connectivity index (χ1v) is 11.7. The molecule has 0 aliphatic rings. The summed E-state index contributed by atoms with van der Waals surface area (Å²) in [5.41, 5.74) is 4.48. The summed E-state index contributed by atoms with van der Waals surface area (Å²) in [7, 11) is 3.15. The molecule has 8 heteroatoms. The third-order valence-electron chi connectivity index (χ3n) is 5.42. The summed E-state index contributed by atoms with van der Waals surface area (Å²) >= 11 is 0. The molecule has 1 amide bonds. The Hall–Kier alpha value is -4.85. The molecule has 0 atom stereocenters. The van der Waals surface area contributed by atoms with Crippen molar-refractivity contribution >= 4 is 40.7 Å². The van der Waals surface area contributed by atoms with Crippen LogP contribution < -0.4 is 25.4 Å². The summed E-state index contributed by atoms with van der Waals surface area (Å²) in [6.07, 6.45) is 3.19. The first-order valence-electron chi connectivity index (χ1n) is 11.7. The zero-order valence-corrected chi connectivity index (χ0v) is 21.2. The Morgan fingerprint density at radius 1 is 0.730 bits per heavy atom. The van der Waals surface area contributed by atoms with E-state index < -0.39 is 0 Å². The van der Waals surface area contributed by atoms with Crippen LogP contribution in [0.3, 0.4) is 0 Å². The summed E-state index contributed by atoms with van der Waals surface area (Å²) in [5, 5.41) is 9.45. The fourth-order valence-electron chi connectivity index (χ4n) is 3.58. The van der Waals surface area contributed by atoms with Crippen molar-refractivity contribution in [3.63, 3.8) is 0 Å². The van der Waals surface area contributed by atoms with Crippen LogP contribution in [0.5, 0.6) is 11.5 Å². The predicted molar refractivity (Wildman–Crippen MR) is 148 cm³/mol. The summed E-state index contributed by atoms with van der Waals surface area (Å²) < 4.78 is 10.5. The van der Waals surface area contributed by atoms with Crippen molar-refractivity contribution in [2.75, 3.05) is 30.2 Å². The Morgan fingerprint density at radius 2 is 1.30 bits per heavy atom. The van der Waals surface area contributed by atoms with E-state index >= 15 is 0 Å². The monoisotopic (exact) mass is 495 g/mol. The molecule has 8 nitrogen and oxygen atoms in total. The lowest BCUT2D eigenvalue weighted by molar-refractivity contribution is -0.111. The minimum absolute atomic E-state index is 0.242. The highest BCUT2D eigenvalue weighted by molar-refractivity contribution is 6.02. The average Bonchev–Trinajstić information content (AvgIpc) is 2.89. The first kappa shape index (κ1) is 25.2. The van der Waals surface area contributed by atoms with Crippen molar-refractivity contribution in [2.45, 2.75) is 13.8 Å². The number of nitrogens with zero attached hydrogens (tertiary/aromatic N) is 2.